The second-order valence-electron chi connectivity index (χ2n) is 3.65. The fourth-order valence-corrected chi connectivity index (χ4v) is 3.69. The van der Waals surface area contributed by atoms with E-state index in [-0.39, 0.29) is 0 Å². The number of rotatable bonds is 3. The number of hydrogen-bond donors (Lipinski definition) is 0. The normalized spacial score (nSPS) is 9.18. The van der Waals surface area contributed by atoms with E-state index in [1.165, 1.54) is 10.4 Å². The SMILES string of the molecule is C=CC=C=[Si](c1ccccc1)c1ccccc1. The Morgan fingerprint density at radius 1 is 0.824 bits per heavy atom. The van der Waals surface area contributed by atoms with Crippen LogP contribution in [0, 0.1) is 0 Å². The van der Waals surface area contributed by atoms with Crippen molar-refractivity contribution in [3.05, 3.63) is 79.4 Å². The molecule has 2 aromatic carbocycles. The van der Waals surface area contributed by atoms with E-state index in [9.17, 15) is 0 Å². The highest BCUT2D eigenvalue weighted by Gasteiger charge is 2.03. The molecule has 0 amide bonds. The summed E-state index contributed by atoms with van der Waals surface area (Å²) in [4.78, 5) is 0. The molecule has 0 aromatic heterocycles. The van der Waals surface area contributed by atoms with Crippen LogP contribution in [0.1, 0.15) is 0 Å². The summed E-state index contributed by atoms with van der Waals surface area (Å²) in [6.45, 7) is 3.72. The lowest BCUT2D eigenvalue weighted by atomic mass is 10.4. The molecule has 0 saturated carbocycles. The molecular formula is C16H14Si. The monoisotopic (exact) mass is 234 g/mol. The molecule has 0 bridgehead atoms. The van der Waals surface area contributed by atoms with Crippen molar-refractivity contribution in [1.82, 2.24) is 0 Å². The predicted octanol–water partition coefficient (Wildman–Crippen LogP) is 2.02. The van der Waals surface area contributed by atoms with Crippen molar-refractivity contribution in [2.24, 2.45) is 0 Å². The molecule has 0 aliphatic carbocycles. The third kappa shape index (κ3) is 3.00. The van der Waals surface area contributed by atoms with Crippen LogP contribution >= 0.6 is 0 Å². The Kier molecular flexibility index (Phi) is 4.04. The second-order valence-corrected chi connectivity index (χ2v) is 5.85. The van der Waals surface area contributed by atoms with E-state index >= 15 is 0 Å². The molecule has 0 spiro atoms. The number of hydrogen-bond acceptors (Lipinski definition) is 0. The first kappa shape index (κ1) is 11.5. The maximum atomic E-state index is 3.72. The molecule has 1 heteroatoms. The summed E-state index contributed by atoms with van der Waals surface area (Å²) in [6, 6.07) is 21.1. The highest BCUT2D eigenvalue weighted by Crippen LogP contribution is 1.87. The third-order valence-corrected chi connectivity index (χ3v) is 4.75. The maximum Gasteiger partial charge on any atom is 0.135 e. The van der Waals surface area contributed by atoms with Crippen molar-refractivity contribution >= 4 is 24.1 Å². The van der Waals surface area contributed by atoms with Crippen LogP contribution in [0.15, 0.2) is 79.4 Å². The van der Waals surface area contributed by atoms with E-state index in [2.05, 4.69) is 60.4 Å². The van der Waals surface area contributed by atoms with Gasteiger partial charge in [-0.25, -0.2) is 0 Å². The van der Waals surface area contributed by atoms with Gasteiger partial charge in [0.2, 0.25) is 0 Å². The fourth-order valence-electron chi connectivity index (χ4n) is 1.69. The molecule has 0 atom stereocenters. The molecule has 0 heterocycles. The predicted molar refractivity (Wildman–Crippen MR) is 77.7 cm³/mol. The van der Waals surface area contributed by atoms with Crippen LogP contribution in [0.25, 0.3) is 0 Å². The molecule has 0 radical (unpaired) electrons. The van der Waals surface area contributed by atoms with E-state index in [1.807, 2.05) is 18.2 Å². The standard InChI is InChI=1S/C16H14Si/c1-2-3-14-17(15-10-6-4-7-11-15)16-12-8-5-9-13-16/h2-13H,1H2. The van der Waals surface area contributed by atoms with E-state index in [0.717, 1.165) is 0 Å². The smallest absolute Gasteiger partial charge is 0.135 e. The Morgan fingerprint density at radius 2 is 1.29 bits per heavy atom. The Bertz CT molecular complexity index is 505. The first-order chi connectivity index (χ1) is 8.42. The topological polar surface area (TPSA) is 0 Å². The van der Waals surface area contributed by atoms with Crippen molar-refractivity contribution in [2.75, 3.05) is 0 Å². The van der Waals surface area contributed by atoms with Crippen molar-refractivity contribution in [3.63, 3.8) is 0 Å². The Balaban J connectivity index is 2.55. The Morgan fingerprint density at radius 3 is 1.71 bits per heavy atom. The van der Waals surface area contributed by atoms with Crippen LogP contribution < -0.4 is 10.4 Å². The number of benzene rings is 2. The minimum atomic E-state index is -0.939. The molecule has 82 valence electrons. The summed E-state index contributed by atoms with van der Waals surface area (Å²) in [5, 5.41) is 6.16. The van der Waals surface area contributed by atoms with Gasteiger partial charge >= 0.3 is 0 Å². The average molecular weight is 234 g/mol. The lowest BCUT2D eigenvalue weighted by Gasteiger charge is -2.03. The van der Waals surface area contributed by atoms with E-state index in [1.54, 1.807) is 6.08 Å². The lowest BCUT2D eigenvalue weighted by Crippen LogP contribution is -2.34. The summed E-state index contributed by atoms with van der Waals surface area (Å²) in [5.41, 5.74) is 0. The molecular weight excluding hydrogens is 220 g/mol. The molecule has 0 N–H and O–H groups in total. The highest BCUT2D eigenvalue weighted by molar-refractivity contribution is 6.87. The summed E-state index contributed by atoms with van der Waals surface area (Å²) in [7, 11) is -0.939. The first-order valence-electron chi connectivity index (χ1n) is 5.60. The largest absolute Gasteiger partial charge is 0.145 e. The number of allylic oxidation sites excluding steroid dienone is 2. The van der Waals surface area contributed by atoms with Gasteiger partial charge in [0.05, 0.1) is 0 Å². The van der Waals surface area contributed by atoms with Gasteiger partial charge in [-0.3, -0.25) is 0 Å². The minimum Gasteiger partial charge on any atom is -0.145 e. The summed E-state index contributed by atoms with van der Waals surface area (Å²) in [5.74, 6) is 0. The molecule has 0 aliphatic rings. The van der Waals surface area contributed by atoms with Crippen LogP contribution in [-0.2, 0) is 0 Å². The molecule has 0 saturated heterocycles. The zero-order chi connectivity index (χ0) is 11.9. The van der Waals surface area contributed by atoms with Crippen LogP contribution in [0.2, 0.25) is 0 Å². The lowest BCUT2D eigenvalue weighted by molar-refractivity contribution is 1.74. The third-order valence-electron chi connectivity index (χ3n) is 2.47. The molecule has 0 aliphatic heterocycles. The molecule has 2 aromatic rings. The van der Waals surface area contributed by atoms with Crippen LogP contribution in [-0.4, -0.2) is 13.7 Å². The van der Waals surface area contributed by atoms with Crippen molar-refractivity contribution < 1.29 is 0 Å². The maximum absolute atomic E-state index is 3.72. The van der Waals surface area contributed by atoms with Crippen molar-refractivity contribution in [3.8, 4) is 0 Å². The molecule has 0 nitrogen and oxygen atoms in total. The van der Waals surface area contributed by atoms with Crippen LogP contribution in [0.5, 0.6) is 0 Å². The van der Waals surface area contributed by atoms with Gasteiger partial charge in [-0.05, 0) is 16.4 Å². The highest BCUT2D eigenvalue weighted by atomic mass is 28.2. The minimum absolute atomic E-state index is 0.939. The molecule has 0 unspecified atom stereocenters. The Hall–Kier alpha value is -1.95. The average Bonchev–Trinajstić information content (AvgIpc) is 2.42. The Labute approximate surface area is 104 Å². The summed E-state index contributed by atoms with van der Waals surface area (Å²) >= 11 is 0. The molecule has 17 heavy (non-hydrogen) atoms. The van der Waals surface area contributed by atoms with Gasteiger partial charge in [0.25, 0.3) is 0 Å². The van der Waals surface area contributed by atoms with Gasteiger partial charge in [-0.2, -0.15) is 0 Å². The first-order valence-corrected chi connectivity index (χ1v) is 7.10. The summed E-state index contributed by atoms with van der Waals surface area (Å²) in [6.07, 6.45) is 3.71. The molecule has 0 fully saturated rings. The second kappa shape index (κ2) is 5.95. The zero-order valence-corrected chi connectivity index (χ0v) is 10.6. The fraction of sp³-hybridized carbons (Fsp3) is 0. The van der Waals surface area contributed by atoms with Crippen molar-refractivity contribution in [1.29, 1.82) is 0 Å². The van der Waals surface area contributed by atoms with Gasteiger partial charge in [-0.15, -0.1) is 5.33 Å². The van der Waals surface area contributed by atoms with E-state index in [0.29, 0.717) is 0 Å². The summed E-state index contributed by atoms with van der Waals surface area (Å²) < 4.78 is 0. The van der Waals surface area contributed by atoms with Crippen LogP contribution in [0.4, 0.5) is 0 Å². The van der Waals surface area contributed by atoms with Gasteiger partial charge in [-0.1, -0.05) is 73.3 Å². The van der Waals surface area contributed by atoms with Gasteiger partial charge in [0, 0.05) is 0 Å². The van der Waals surface area contributed by atoms with Gasteiger partial charge < -0.3 is 0 Å². The van der Waals surface area contributed by atoms with Gasteiger partial charge in [0.1, 0.15) is 8.41 Å². The quantitative estimate of drug-likeness (QED) is 0.563. The molecule has 2 rings (SSSR count). The van der Waals surface area contributed by atoms with Gasteiger partial charge in [0.15, 0.2) is 0 Å². The van der Waals surface area contributed by atoms with Crippen LogP contribution in [0.3, 0.4) is 0 Å². The zero-order valence-electron chi connectivity index (χ0n) is 9.64. The van der Waals surface area contributed by atoms with Crippen molar-refractivity contribution in [2.45, 2.75) is 0 Å². The van der Waals surface area contributed by atoms with E-state index in [4.69, 9.17) is 0 Å². The van der Waals surface area contributed by atoms with E-state index < -0.39 is 8.41 Å².